The molecule has 1 heterocycles. The van der Waals surface area contributed by atoms with Crippen LogP contribution in [0.25, 0.3) is 0 Å². The zero-order valence-corrected chi connectivity index (χ0v) is 13.5. The van der Waals surface area contributed by atoms with Crippen molar-refractivity contribution in [1.82, 2.24) is 10.2 Å². The first kappa shape index (κ1) is 17.2. The van der Waals surface area contributed by atoms with E-state index in [1.54, 1.807) is 39.0 Å². The number of nitrogens with zero attached hydrogens (tertiary/aromatic N) is 1. The molecule has 1 amide bonds. The van der Waals surface area contributed by atoms with Crippen LogP contribution in [0, 0.1) is 20.8 Å². The predicted molar refractivity (Wildman–Crippen MR) is 86.6 cm³/mol. The number of nitrogens with one attached hydrogen (secondary N) is 2. The molecule has 126 valence electrons. The summed E-state index contributed by atoms with van der Waals surface area (Å²) in [6.45, 7) is 4.64. The molecule has 0 aliphatic rings. The number of hydrogen-bond donors (Lipinski definition) is 3. The van der Waals surface area contributed by atoms with Crippen LogP contribution >= 0.6 is 0 Å². The Labute approximate surface area is 137 Å². The van der Waals surface area contributed by atoms with Crippen molar-refractivity contribution in [3.63, 3.8) is 0 Å². The number of hydrogen-bond acceptors (Lipinski definition) is 5. The Bertz CT molecular complexity index is 857. The molecule has 0 saturated carbocycles. The van der Waals surface area contributed by atoms with Crippen molar-refractivity contribution >= 4 is 17.6 Å². The number of ether oxygens (including phenoxy) is 1. The van der Waals surface area contributed by atoms with E-state index in [0.29, 0.717) is 28.3 Å². The number of aromatic amines is 1. The lowest BCUT2D eigenvalue weighted by Crippen LogP contribution is -2.26. The maximum absolute atomic E-state index is 12.4. The molecular formula is C16H17N3O5. The smallest absolute Gasteiger partial charge is 0.341 e. The molecule has 0 bridgehead atoms. The number of carboxylic acids is 1. The van der Waals surface area contributed by atoms with Crippen molar-refractivity contribution in [2.45, 2.75) is 20.8 Å². The van der Waals surface area contributed by atoms with Gasteiger partial charge in [-0.25, -0.2) is 9.89 Å². The fraction of sp³-hybridized carbons (Fsp3) is 0.250. The van der Waals surface area contributed by atoms with Gasteiger partial charge < -0.3 is 15.2 Å². The largest absolute Gasteiger partial charge is 0.482 e. The van der Waals surface area contributed by atoms with Gasteiger partial charge in [0.1, 0.15) is 11.3 Å². The van der Waals surface area contributed by atoms with Gasteiger partial charge >= 0.3 is 5.97 Å². The molecule has 24 heavy (non-hydrogen) atoms. The Balaban J connectivity index is 2.23. The van der Waals surface area contributed by atoms with Gasteiger partial charge in [0.2, 0.25) is 0 Å². The molecule has 1 aromatic heterocycles. The Morgan fingerprint density at radius 3 is 2.62 bits per heavy atom. The molecule has 0 atom stereocenters. The van der Waals surface area contributed by atoms with E-state index in [1.807, 2.05) is 0 Å². The summed E-state index contributed by atoms with van der Waals surface area (Å²) < 4.78 is 5.07. The number of anilines is 1. The van der Waals surface area contributed by atoms with Gasteiger partial charge in [-0.2, -0.15) is 5.10 Å². The normalized spacial score (nSPS) is 10.3. The second kappa shape index (κ2) is 6.95. The standard InChI is InChI=1S/C16H17N3O5/c1-8-6-11(24-7-13(20)21)4-5-12(8)17-15(22)14-9(2)10(3)18-19-16(14)23/h4-6H,7H2,1-3H3,(H,17,22)(H,19,23)(H,20,21). The number of aliphatic carboxylic acids is 1. The first-order valence-electron chi connectivity index (χ1n) is 7.12. The minimum atomic E-state index is -1.08. The number of aryl methyl sites for hydroxylation is 2. The summed E-state index contributed by atoms with van der Waals surface area (Å²) in [5, 5.41) is 17.4. The van der Waals surface area contributed by atoms with Crippen LogP contribution in [0.1, 0.15) is 27.2 Å². The average molecular weight is 331 g/mol. The van der Waals surface area contributed by atoms with Gasteiger partial charge in [0.05, 0.1) is 5.69 Å². The number of amides is 1. The number of aromatic nitrogens is 2. The van der Waals surface area contributed by atoms with Crippen molar-refractivity contribution in [1.29, 1.82) is 0 Å². The third-order valence-electron chi connectivity index (χ3n) is 3.51. The Hall–Kier alpha value is -3.16. The lowest BCUT2D eigenvalue weighted by atomic mass is 10.1. The van der Waals surface area contributed by atoms with Crippen molar-refractivity contribution in [2.24, 2.45) is 0 Å². The predicted octanol–water partition coefficient (Wildman–Crippen LogP) is 1.41. The second-order valence-corrected chi connectivity index (χ2v) is 5.25. The number of rotatable bonds is 5. The molecule has 2 aromatic rings. The maximum Gasteiger partial charge on any atom is 0.341 e. The highest BCUT2D eigenvalue weighted by molar-refractivity contribution is 6.05. The zero-order valence-electron chi connectivity index (χ0n) is 13.5. The highest BCUT2D eigenvalue weighted by Crippen LogP contribution is 2.22. The van der Waals surface area contributed by atoms with Crippen LogP contribution in [0.5, 0.6) is 5.75 Å². The number of benzene rings is 1. The second-order valence-electron chi connectivity index (χ2n) is 5.25. The molecule has 0 radical (unpaired) electrons. The first-order valence-corrected chi connectivity index (χ1v) is 7.12. The third-order valence-corrected chi connectivity index (χ3v) is 3.51. The highest BCUT2D eigenvalue weighted by Gasteiger charge is 2.17. The summed E-state index contributed by atoms with van der Waals surface area (Å²) in [4.78, 5) is 34.7. The van der Waals surface area contributed by atoms with Crippen LogP contribution in [0.4, 0.5) is 5.69 Å². The molecule has 0 saturated heterocycles. The third kappa shape index (κ3) is 3.78. The quantitative estimate of drug-likeness (QED) is 0.761. The van der Waals surface area contributed by atoms with Gasteiger partial charge in [-0.15, -0.1) is 0 Å². The van der Waals surface area contributed by atoms with Crippen LogP contribution in [-0.2, 0) is 4.79 Å². The van der Waals surface area contributed by atoms with Crippen LogP contribution < -0.4 is 15.6 Å². The Morgan fingerprint density at radius 2 is 2.00 bits per heavy atom. The van der Waals surface area contributed by atoms with Gasteiger partial charge in [0.25, 0.3) is 11.5 Å². The molecule has 0 fully saturated rings. The zero-order chi connectivity index (χ0) is 17.9. The number of carboxylic acid groups (broad SMARTS) is 1. The fourth-order valence-corrected chi connectivity index (χ4v) is 2.10. The van der Waals surface area contributed by atoms with Gasteiger partial charge in [-0.3, -0.25) is 9.59 Å². The van der Waals surface area contributed by atoms with Gasteiger partial charge in [0, 0.05) is 5.69 Å². The summed E-state index contributed by atoms with van der Waals surface area (Å²) in [6.07, 6.45) is 0. The Morgan fingerprint density at radius 1 is 1.29 bits per heavy atom. The van der Waals surface area contributed by atoms with Gasteiger partial charge in [-0.05, 0) is 50.1 Å². The number of carbonyl (C=O) groups is 2. The average Bonchev–Trinajstić information content (AvgIpc) is 2.51. The van der Waals surface area contributed by atoms with Crippen molar-refractivity contribution in [3.8, 4) is 5.75 Å². The summed E-state index contributed by atoms with van der Waals surface area (Å²) in [6, 6.07) is 4.73. The highest BCUT2D eigenvalue weighted by atomic mass is 16.5. The summed E-state index contributed by atoms with van der Waals surface area (Å²) in [5.74, 6) is -1.24. The lowest BCUT2D eigenvalue weighted by Gasteiger charge is -2.11. The van der Waals surface area contributed by atoms with E-state index in [0.717, 1.165) is 0 Å². The molecule has 0 unspecified atom stereocenters. The molecule has 8 nitrogen and oxygen atoms in total. The molecular weight excluding hydrogens is 314 g/mol. The van der Waals surface area contributed by atoms with Crippen molar-refractivity contribution < 1.29 is 19.4 Å². The molecule has 0 aliphatic carbocycles. The molecule has 8 heteroatoms. The molecule has 2 rings (SSSR count). The number of carbonyl (C=O) groups excluding carboxylic acids is 1. The molecule has 1 aromatic carbocycles. The van der Waals surface area contributed by atoms with Gasteiger partial charge in [-0.1, -0.05) is 0 Å². The first-order chi connectivity index (χ1) is 11.3. The lowest BCUT2D eigenvalue weighted by molar-refractivity contribution is -0.139. The van der Waals surface area contributed by atoms with E-state index in [-0.39, 0.29) is 5.56 Å². The van der Waals surface area contributed by atoms with E-state index < -0.39 is 24.0 Å². The summed E-state index contributed by atoms with van der Waals surface area (Å²) in [7, 11) is 0. The van der Waals surface area contributed by atoms with Crippen LogP contribution in [0.15, 0.2) is 23.0 Å². The molecule has 0 aliphatic heterocycles. The Kier molecular flexibility index (Phi) is 4.98. The number of H-pyrrole nitrogens is 1. The SMILES string of the molecule is Cc1cc(OCC(=O)O)ccc1NC(=O)c1c(C)c(C)n[nH]c1=O. The van der Waals surface area contributed by atoms with Crippen LogP contribution in [0.2, 0.25) is 0 Å². The van der Waals surface area contributed by atoms with Crippen molar-refractivity contribution in [2.75, 3.05) is 11.9 Å². The van der Waals surface area contributed by atoms with E-state index in [2.05, 4.69) is 15.5 Å². The van der Waals surface area contributed by atoms with E-state index in [4.69, 9.17) is 9.84 Å². The summed E-state index contributed by atoms with van der Waals surface area (Å²) in [5.41, 5.74) is 1.69. The summed E-state index contributed by atoms with van der Waals surface area (Å²) >= 11 is 0. The monoisotopic (exact) mass is 331 g/mol. The minimum absolute atomic E-state index is 0.00750. The molecule has 0 spiro atoms. The topological polar surface area (TPSA) is 121 Å². The van der Waals surface area contributed by atoms with Crippen LogP contribution in [-0.4, -0.2) is 33.8 Å². The van der Waals surface area contributed by atoms with Crippen LogP contribution in [0.3, 0.4) is 0 Å². The van der Waals surface area contributed by atoms with E-state index in [1.165, 1.54) is 0 Å². The fourth-order valence-electron chi connectivity index (χ4n) is 2.10. The van der Waals surface area contributed by atoms with Gasteiger partial charge in [0.15, 0.2) is 6.61 Å². The van der Waals surface area contributed by atoms with E-state index >= 15 is 0 Å². The van der Waals surface area contributed by atoms with Crippen molar-refractivity contribution in [3.05, 3.63) is 50.9 Å². The minimum Gasteiger partial charge on any atom is -0.482 e. The molecule has 3 N–H and O–H groups in total. The van der Waals surface area contributed by atoms with E-state index in [9.17, 15) is 14.4 Å². The maximum atomic E-state index is 12.4.